The predicted molar refractivity (Wildman–Crippen MR) is 95.4 cm³/mol. The smallest absolute Gasteiger partial charge is 0.311 e. The van der Waals surface area contributed by atoms with Crippen LogP contribution in [0.4, 0.5) is 0 Å². The average Bonchev–Trinajstić information content (AvgIpc) is 2.61. The highest BCUT2D eigenvalue weighted by Gasteiger charge is 2.51. The van der Waals surface area contributed by atoms with Crippen molar-refractivity contribution in [2.75, 3.05) is 26.4 Å². The Kier molecular flexibility index (Phi) is 7.24. The largest absolute Gasteiger partial charge is 0.481 e. The predicted octanol–water partition coefficient (Wildman–Crippen LogP) is 3.21. The van der Waals surface area contributed by atoms with E-state index in [-0.39, 0.29) is 18.0 Å². The quantitative estimate of drug-likeness (QED) is 0.714. The second-order valence-electron chi connectivity index (χ2n) is 8.58. The number of esters is 1. The van der Waals surface area contributed by atoms with E-state index in [1.807, 2.05) is 27.7 Å². The van der Waals surface area contributed by atoms with E-state index in [1.54, 1.807) is 20.8 Å². The summed E-state index contributed by atoms with van der Waals surface area (Å²) in [5.74, 6) is -1.81. The molecule has 0 aromatic heterocycles. The molecule has 0 atom stereocenters. The van der Waals surface area contributed by atoms with Crippen LogP contribution in [0.2, 0.25) is 0 Å². The molecule has 3 saturated heterocycles. The Bertz CT molecular complexity index is 485. The molecule has 3 aliphatic heterocycles. The van der Waals surface area contributed by atoms with Gasteiger partial charge in [-0.3, -0.25) is 9.59 Å². The monoisotopic (exact) mass is 374 g/mol. The normalized spacial score (nSPS) is 28.1. The maximum absolute atomic E-state index is 11.9. The summed E-state index contributed by atoms with van der Waals surface area (Å²) in [6.07, 6.45) is 1.43. The molecule has 3 rings (SSSR count). The van der Waals surface area contributed by atoms with Crippen molar-refractivity contribution in [3.63, 3.8) is 0 Å². The van der Waals surface area contributed by atoms with Gasteiger partial charge in [0.25, 0.3) is 5.97 Å². The molecule has 0 spiro atoms. The van der Waals surface area contributed by atoms with Gasteiger partial charge in [0.1, 0.15) is 6.61 Å². The van der Waals surface area contributed by atoms with Gasteiger partial charge < -0.3 is 24.1 Å². The van der Waals surface area contributed by atoms with Crippen LogP contribution in [0, 0.1) is 16.2 Å². The first kappa shape index (κ1) is 22.9. The number of hydrogen-bond acceptors (Lipinski definition) is 6. The molecule has 0 unspecified atom stereocenters. The van der Waals surface area contributed by atoms with Crippen LogP contribution in [0.15, 0.2) is 0 Å². The van der Waals surface area contributed by atoms with E-state index in [4.69, 9.17) is 24.1 Å². The zero-order valence-corrected chi connectivity index (χ0v) is 17.1. The third-order valence-electron chi connectivity index (χ3n) is 5.33. The van der Waals surface area contributed by atoms with Crippen LogP contribution in [-0.2, 0) is 28.5 Å². The highest BCUT2D eigenvalue weighted by atomic mass is 16.9. The fourth-order valence-corrected chi connectivity index (χ4v) is 1.94. The Morgan fingerprint density at radius 2 is 1.38 bits per heavy atom. The summed E-state index contributed by atoms with van der Waals surface area (Å²) >= 11 is 0. The molecule has 3 fully saturated rings. The van der Waals surface area contributed by atoms with Crippen molar-refractivity contribution in [2.45, 2.75) is 67.3 Å². The summed E-state index contributed by atoms with van der Waals surface area (Å²) in [4.78, 5) is 22.2. The fourth-order valence-electron chi connectivity index (χ4n) is 1.94. The lowest BCUT2D eigenvalue weighted by Gasteiger charge is -2.50. The molecule has 152 valence electrons. The number of aliphatic carboxylic acids is 1. The van der Waals surface area contributed by atoms with E-state index in [2.05, 4.69) is 0 Å². The Balaban J connectivity index is 0.000000359. The molecule has 0 aromatic rings. The molecule has 2 bridgehead atoms. The maximum Gasteiger partial charge on any atom is 0.311 e. The third-order valence-corrected chi connectivity index (χ3v) is 5.33. The summed E-state index contributed by atoms with van der Waals surface area (Å²) < 4.78 is 21.8. The zero-order chi connectivity index (χ0) is 20.2. The number of carboxylic acids is 1. The van der Waals surface area contributed by atoms with Crippen LogP contribution in [0.5, 0.6) is 0 Å². The van der Waals surface area contributed by atoms with Gasteiger partial charge in [-0.1, -0.05) is 13.8 Å². The van der Waals surface area contributed by atoms with Crippen LogP contribution in [0.25, 0.3) is 0 Å². The van der Waals surface area contributed by atoms with Gasteiger partial charge in [0.05, 0.1) is 36.1 Å². The van der Waals surface area contributed by atoms with Crippen molar-refractivity contribution in [3.05, 3.63) is 0 Å². The van der Waals surface area contributed by atoms with Crippen molar-refractivity contribution in [1.82, 2.24) is 0 Å². The van der Waals surface area contributed by atoms with Gasteiger partial charge in [-0.05, 0) is 40.5 Å². The number of carbonyl (C=O) groups excluding carboxylic acids is 1. The van der Waals surface area contributed by atoms with Crippen LogP contribution >= 0.6 is 0 Å². The highest BCUT2D eigenvalue weighted by Crippen LogP contribution is 2.38. The topological polar surface area (TPSA) is 91.3 Å². The summed E-state index contributed by atoms with van der Waals surface area (Å²) in [5.41, 5.74) is -1.34. The van der Waals surface area contributed by atoms with E-state index in [1.165, 1.54) is 0 Å². The SMILES string of the molecule is CCC(C)(C)C(=O)O.CCC(C)(C)C(=O)OCC12COC(C)(OC1)OC2. The van der Waals surface area contributed by atoms with E-state index in [0.717, 1.165) is 6.42 Å². The van der Waals surface area contributed by atoms with Gasteiger partial charge in [0.15, 0.2) is 0 Å². The van der Waals surface area contributed by atoms with E-state index in [0.29, 0.717) is 26.2 Å². The van der Waals surface area contributed by atoms with Crippen LogP contribution in [0.3, 0.4) is 0 Å². The molecule has 3 aliphatic rings. The van der Waals surface area contributed by atoms with Crippen LogP contribution in [-0.4, -0.2) is 49.4 Å². The second kappa shape index (κ2) is 8.23. The minimum atomic E-state index is -0.908. The molecule has 1 N–H and O–H groups in total. The minimum absolute atomic E-state index is 0.182. The molecule has 0 aromatic carbocycles. The highest BCUT2D eigenvalue weighted by molar-refractivity contribution is 5.75. The molecule has 7 nitrogen and oxygen atoms in total. The lowest BCUT2D eigenvalue weighted by Crippen LogP contribution is -2.60. The fraction of sp³-hybridized carbons (Fsp3) is 0.895. The molecule has 0 amide bonds. The maximum atomic E-state index is 11.9. The second-order valence-corrected chi connectivity index (χ2v) is 8.58. The molecule has 3 heterocycles. The van der Waals surface area contributed by atoms with Crippen LogP contribution < -0.4 is 0 Å². The number of fused-ring (bicyclic) bond motifs is 3. The molecule has 26 heavy (non-hydrogen) atoms. The van der Waals surface area contributed by atoms with Gasteiger partial charge in [-0.2, -0.15) is 0 Å². The molecular formula is C19H34O7. The van der Waals surface area contributed by atoms with Crippen LogP contribution in [0.1, 0.15) is 61.3 Å². The van der Waals surface area contributed by atoms with E-state index < -0.39 is 22.8 Å². The zero-order valence-electron chi connectivity index (χ0n) is 17.1. The first-order valence-electron chi connectivity index (χ1n) is 9.14. The van der Waals surface area contributed by atoms with Crippen molar-refractivity contribution in [2.24, 2.45) is 16.2 Å². The molecule has 0 aliphatic carbocycles. The first-order valence-corrected chi connectivity index (χ1v) is 9.14. The van der Waals surface area contributed by atoms with Crippen molar-refractivity contribution in [1.29, 1.82) is 0 Å². The Morgan fingerprint density at radius 1 is 0.962 bits per heavy atom. The molecule has 0 saturated carbocycles. The van der Waals surface area contributed by atoms with Crippen molar-refractivity contribution < 1.29 is 33.6 Å². The van der Waals surface area contributed by atoms with Gasteiger partial charge in [0.2, 0.25) is 0 Å². The summed E-state index contributed by atoms with van der Waals surface area (Å²) in [6, 6.07) is 0. The Hall–Kier alpha value is -1.18. The standard InChI is InChI=1S/C13H22O5.C6H12O2/c1-5-11(2,3)10(14)15-6-13-7-16-12(4,17-8-13)18-9-13;1-4-6(2,3)5(7)8/h5-9H2,1-4H3;4H2,1-3H3,(H,7,8). The average molecular weight is 374 g/mol. The number of rotatable bonds is 6. The summed E-state index contributed by atoms with van der Waals surface area (Å²) in [5, 5.41) is 8.44. The number of ether oxygens (including phenoxy) is 4. The lowest BCUT2D eigenvalue weighted by atomic mass is 9.88. The number of carbonyl (C=O) groups is 2. The number of carboxylic acid groups (broad SMARTS) is 1. The molecular weight excluding hydrogens is 340 g/mol. The Morgan fingerprint density at radius 3 is 1.69 bits per heavy atom. The Labute approximate surface area is 156 Å². The van der Waals surface area contributed by atoms with Crippen molar-refractivity contribution >= 4 is 11.9 Å². The molecule has 7 heteroatoms. The lowest BCUT2D eigenvalue weighted by molar-refractivity contribution is -0.461. The van der Waals surface area contributed by atoms with Gasteiger partial charge in [-0.25, -0.2) is 0 Å². The summed E-state index contributed by atoms with van der Waals surface area (Å²) in [7, 11) is 0. The van der Waals surface area contributed by atoms with Gasteiger partial charge in [0, 0.05) is 6.92 Å². The van der Waals surface area contributed by atoms with E-state index >= 15 is 0 Å². The van der Waals surface area contributed by atoms with Gasteiger partial charge >= 0.3 is 11.9 Å². The minimum Gasteiger partial charge on any atom is -0.481 e. The number of hydrogen-bond donors (Lipinski definition) is 1. The third kappa shape index (κ3) is 5.66. The first-order chi connectivity index (χ1) is 11.8. The van der Waals surface area contributed by atoms with E-state index in [9.17, 15) is 9.59 Å². The summed E-state index contributed by atoms with van der Waals surface area (Å²) in [6.45, 7) is 14.6. The van der Waals surface area contributed by atoms with Gasteiger partial charge in [-0.15, -0.1) is 0 Å². The molecule has 0 radical (unpaired) electrons. The van der Waals surface area contributed by atoms with Crippen molar-refractivity contribution in [3.8, 4) is 0 Å².